The fourth-order valence-electron chi connectivity index (χ4n) is 1.95. The second-order valence-electron chi connectivity index (χ2n) is 4.33. The van der Waals surface area contributed by atoms with Crippen LogP contribution in [-0.2, 0) is 12.8 Å². The molecule has 0 aliphatic rings. The molecule has 0 fully saturated rings. The summed E-state index contributed by atoms with van der Waals surface area (Å²) >= 11 is 5.04. The lowest BCUT2D eigenvalue weighted by atomic mass is 10.0. The SMILES string of the molecule is CNC(Cc1cc(Br)cs1)Cc1c(F)cccc1F. The third-order valence-electron chi connectivity index (χ3n) is 2.99. The van der Waals surface area contributed by atoms with E-state index in [1.54, 1.807) is 11.3 Å². The summed E-state index contributed by atoms with van der Waals surface area (Å²) in [6.45, 7) is 0. The molecule has 1 aromatic heterocycles. The van der Waals surface area contributed by atoms with E-state index in [-0.39, 0.29) is 11.6 Å². The van der Waals surface area contributed by atoms with Crippen molar-refractivity contribution < 1.29 is 8.78 Å². The van der Waals surface area contributed by atoms with Crippen molar-refractivity contribution >= 4 is 27.3 Å². The van der Waals surface area contributed by atoms with Crippen molar-refractivity contribution in [1.82, 2.24) is 5.32 Å². The van der Waals surface area contributed by atoms with Crippen LogP contribution in [0.15, 0.2) is 34.1 Å². The highest BCUT2D eigenvalue weighted by molar-refractivity contribution is 9.10. The lowest BCUT2D eigenvalue weighted by Gasteiger charge is -2.16. The molecule has 0 aliphatic carbocycles. The predicted octanol–water partition coefficient (Wildman–Crippen LogP) is 4.16. The lowest BCUT2D eigenvalue weighted by Crippen LogP contribution is -2.30. The summed E-state index contributed by atoms with van der Waals surface area (Å²) in [7, 11) is 1.81. The Kier molecular flexibility index (Phi) is 5.07. The van der Waals surface area contributed by atoms with Gasteiger partial charge in [0.25, 0.3) is 0 Å². The van der Waals surface area contributed by atoms with Crippen LogP contribution < -0.4 is 5.32 Å². The van der Waals surface area contributed by atoms with E-state index in [1.165, 1.54) is 23.1 Å². The third kappa shape index (κ3) is 3.84. The Morgan fingerprint density at radius 2 is 1.95 bits per heavy atom. The van der Waals surface area contributed by atoms with Gasteiger partial charge in [-0.3, -0.25) is 0 Å². The second-order valence-corrected chi connectivity index (χ2v) is 6.24. The molecule has 0 bridgehead atoms. The number of likely N-dealkylation sites (N-methyl/N-ethyl adjacent to an activating group) is 1. The number of thiophene rings is 1. The third-order valence-corrected chi connectivity index (χ3v) is 4.71. The van der Waals surface area contributed by atoms with Crippen molar-refractivity contribution in [3.63, 3.8) is 0 Å². The van der Waals surface area contributed by atoms with Gasteiger partial charge < -0.3 is 5.32 Å². The van der Waals surface area contributed by atoms with Crippen LogP contribution in [0, 0.1) is 11.6 Å². The molecule has 0 radical (unpaired) electrons. The van der Waals surface area contributed by atoms with E-state index < -0.39 is 11.6 Å². The molecule has 1 unspecified atom stereocenters. The number of halogens is 3. The van der Waals surface area contributed by atoms with Gasteiger partial charge in [-0.1, -0.05) is 6.07 Å². The summed E-state index contributed by atoms with van der Waals surface area (Å²) in [4.78, 5) is 1.18. The van der Waals surface area contributed by atoms with E-state index in [4.69, 9.17) is 0 Å². The molecule has 0 spiro atoms. The maximum absolute atomic E-state index is 13.6. The van der Waals surface area contributed by atoms with Gasteiger partial charge in [0.15, 0.2) is 0 Å². The summed E-state index contributed by atoms with van der Waals surface area (Å²) in [5, 5.41) is 5.13. The lowest BCUT2D eigenvalue weighted by molar-refractivity contribution is 0.503. The van der Waals surface area contributed by atoms with Crippen LogP contribution in [0.5, 0.6) is 0 Å². The minimum atomic E-state index is -0.479. The van der Waals surface area contributed by atoms with E-state index in [0.717, 1.165) is 10.9 Å². The maximum atomic E-state index is 13.6. The summed E-state index contributed by atoms with van der Waals surface area (Å²) in [6.07, 6.45) is 1.09. The Balaban J connectivity index is 2.11. The van der Waals surface area contributed by atoms with Gasteiger partial charge in [-0.2, -0.15) is 0 Å². The van der Waals surface area contributed by atoms with Gasteiger partial charge in [0, 0.05) is 26.3 Å². The van der Waals surface area contributed by atoms with E-state index in [9.17, 15) is 8.78 Å². The van der Waals surface area contributed by atoms with E-state index in [2.05, 4.69) is 21.2 Å². The van der Waals surface area contributed by atoms with Crippen LogP contribution in [-0.4, -0.2) is 13.1 Å². The van der Waals surface area contributed by atoms with Crippen LogP contribution in [0.3, 0.4) is 0 Å². The Hall–Kier alpha value is -0.780. The van der Waals surface area contributed by atoms with Crippen LogP contribution in [0.1, 0.15) is 10.4 Å². The first-order valence-corrected chi connectivity index (χ1v) is 7.60. The first-order chi connectivity index (χ1) is 9.10. The van der Waals surface area contributed by atoms with Crippen molar-refractivity contribution in [2.45, 2.75) is 18.9 Å². The van der Waals surface area contributed by atoms with Gasteiger partial charge in [-0.05, 0) is 54.0 Å². The monoisotopic (exact) mass is 345 g/mol. The number of benzene rings is 1. The summed E-state index contributed by atoms with van der Waals surface area (Å²) in [5.74, 6) is -0.958. The zero-order valence-corrected chi connectivity index (χ0v) is 12.8. The number of rotatable bonds is 5. The molecule has 1 atom stereocenters. The van der Waals surface area contributed by atoms with E-state index in [1.807, 2.05) is 18.5 Å². The van der Waals surface area contributed by atoms with Crippen LogP contribution in [0.25, 0.3) is 0 Å². The Morgan fingerprint density at radius 3 is 2.47 bits per heavy atom. The summed E-state index contributed by atoms with van der Waals surface area (Å²) in [6, 6.07) is 6.03. The molecule has 2 rings (SSSR count). The summed E-state index contributed by atoms with van der Waals surface area (Å²) in [5.41, 5.74) is 0.150. The Bertz CT molecular complexity index is 536. The Labute approximate surface area is 123 Å². The molecule has 2 aromatic rings. The molecule has 0 aliphatic heterocycles. The normalized spacial score (nSPS) is 12.6. The largest absolute Gasteiger partial charge is 0.316 e. The zero-order chi connectivity index (χ0) is 13.8. The molecule has 1 nitrogen and oxygen atoms in total. The Morgan fingerprint density at radius 1 is 1.26 bits per heavy atom. The van der Waals surface area contributed by atoms with Crippen molar-refractivity contribution in [2.24, 2.45) is 0 Å². The fraction of sp³-hybridized carbons (Fsp3) is 0.286. The average molecular weight is 346 g/mol. The van der Waals surface area contributed by atoms with Gasteiger partial charge in [0.2, 0.25) is 0 Å². The predicted molar refractivity (Wildman–Crippen MR) is 78.6 cm³/mol. The first kappa shape index (κ1) is 14.6. The zero-order valence-electron chi connectivity index (χ0n) is 10.4. The van der Waals surface area contributed by atoms with E-state index >= 15 is 0 Å². The minimum Gasteiger partial charge on any atom is -0.316 e. The van der Waals surface area contributed by atoms with Crippen molar-refractivity contribution in [3.05, 3.63) is 56.2 Å². The average Bonchev–Trinajstić information content (AvgIpc) is 2.78. The van der Waals surface area contributed by atoms with Crippen molar-refractivity contribution in [2.75, 3.05) is 7.05 Å². The number of hydrogen-bond acceptors (Lipinski definition) is 2. The molecule has 1 N–H and O–H groups in total. The molecular weight excluding hydrogens is 332 g/mol. The highest BCUT2D eigenvalue weighted by Crippen LogP contribution is 2.22. The molecule has 0 saturated heterocycles. The maximum Gasteiger partial charge on any atom is 0.129 e. The highest BCUT2D eigenvalue weighted by atomic mass is 79.9. The second kappa shape index (κ2) is 6.59. The smallest absolute Gasteiger partial charge is 0.129 e. The quantitative estimate of drug-likeness (QED) is 0.857. The van der Waals surface area contributed by atoms with Gasteiger partial charge in [-0.25, -0.2) is 8.78 Å². The van der Waals surface area contributed by atoms with Crippen LogP contribution in [0.2, 0.25) is 0 Å². The minimum absolute atomic E-state index is 0.0111. The number of nitrogens with one attached hydrogen (secondary N) is 1. The van der Waals surface area contributed by atoms with Crippen molar-refractivity contribution in [3.8, 4) is 0 Å². The van der Waals surface area contributed by atoms with Gasteiger partial charge >= 0.3 is 0 Å². The van der Waals surface area contributed by atoms with Gasteiger partial charge in [0.05, 0.1) is 0 Å². The van der Waals surface area contributed by atoms with Crippen molar-refractivity contribution in [1.29, 1.82) is 0 Å². The molecule has 0 amide bonds. The topological polar surface area (TPSA) is 12.0 Å². The molecule has 102 valence electrons. The molecule has 1 heterocycles. The standard InChI is InChI=1S/C14H14BrF2NS/c1-18-10(6-11-5-9(15)8-19-11)7-12-13(16)3-2-4-14(12)17/h2-5,8,10,18H,6-7H2,1H3. The molecule has 19 heavy (non-hydrogen) atoms. The van der Waals surface area contributed by atoms with Gasteiger partial charge in [-0.15, -0.1) is 11.3 Å². The summed E-state index contributed by atoms with van der Waals surface area (Å²) < 4.78 is 28.3. The molecule has 1 aromatic carbocycles. The fourth-order valence-corrected chi connectivity index (χ4v) is 3.49. The number of hydrogen-bond donors (Lipinski definition) is 1. The van der Waals surface area contributed by atoms with Gasteiger partial charge in [0.1, 0.15) is 11.6 Å². The van der Waals surface area contributed by atoms with Crippen LogP contribution in [0.4, 0.5) is 8.78 Å². The molecular formula is C14H14BrF2NS. The first-order valence-electron chi connectivity index (χ1n) is 5.93. The molecule has 0 saturated carbocycles. The highest BCUT2D eigenvalue weighted by Gasteiger charge is 2.15. The van der Waals surface area contributed by atoms with Crippen LogP contribution >= 0.6 is 27.3 Å². The molecule has 5 heteroatoms. The van der Waals surface area contributed by atoms with E-state index in [0.29, 0.717) is 6.42 Å².